The zero-order chi connectivity index (χ0) is 15.4. The van der Waals surface area contributed by atoms with Gasteiger partial charge in [0.05, 0.1) is 30.4 Å². The highest BCUT2D eigenvalue weighted by Gasteiger charge is 2.28. The molecule has 1 N–H and O–H groups in total. The van der Waals surface area contributed by atoms with Gasteiger partial charge in [-0.05, 0) is 32.9 Å². The molecule has 0 amide bonds. The molecular formula is C14H23NO4S. The molecule has 0 spiro atoms. The average Bonchev–Trinajstić information content (AvgIpc) is 2.37. The molecule has 114 valence electrons. The first-order chi connectivity index (χ1) is 9.21. The van der Waals surface area contributed by atoms with E-state index in [4.69, 9.17) is 9.47 Å². The van der Waals surface area contributed by atoms with E-state index in [2.05, 4.69) is 5.32 Å². The Hall–Kier alpha value is -1.43. The SMILES string of the molecule is COc1ccc(NCCS(=O)(=O)C(C)(C)C)c(OC)c1. The van der Waals surface area contributed by atoms with Crippen molar-refractivity contribution < 1.29 is 17.9 Å². The second kappa shape index (κ2) is 6.35. The Morgan fingerprint density at radius 2 is 1.80 bits per heavy atom. The maximum absolute atomic E-state index is 12.0. The van der Waals surface area contributed by atoms with E-state index in [0.717, 1.165) is 5.69 Å². The van der Waals surface area contributed by atoms with Crippen LogP contribution in [0.25, 0.3) is 0 Å². The number of hydrogen-bond donors (Lipinski definition) is 1. The van der Waals surface area contributed by atoms with Crippen LogP contribution in [0, 0.1) is 0 Å². The monoisotopic (exact) mass is 301 g/mol. The third-order valence-electron chi connectivity index (χ3n) is 3.03. The Morgan fingerprint density at radius 1 is 1.15 bits per heavy atom. The van der Waals surface area contributed by atoms with Gasteiger partial charge in [-0.2, -0.15) is 0 Å². The summed E-state index contributed by atoms with van der Waals surface area (Å²) in [7, 11) is 0.0142. The van der Waals surface area contributed by atoms with Crippen molar-refractivity contribution in [3.63, 3.8) is 0 Å². The van der Waals surface area contributed by atoms with Gasteiger partial charge in [0.25, 0.3) is 0 Å². The van der Waals surface area contributed by atoms with Gasteiger partial charge in [-0.15, -0.1) is 0 Å². The summed E-state index contributed by atoms with van der Waals surface area (Å²) in [5.74, 6) is 1.39. The lowest BCUT2D eigenvalue weighted by Gasteiger charge is -2.19. The number of nitrogens with one attached hydrogen (secondary N) is 1. The molecule has 0 aliphatic heterocycles. The molecule has 20 heavy (non-hydrogen) atoms. The zero-order valence-corrected chi connectivity index (χ0v) is 13.5. The van der Waals surface area contributed by atoms with E-state index in [1.807, 2.05) is 0 Å². The predicted octanol–water partition coefficient (Wildman–Crippen LogP) is 2.33. The van der Waals surface area contributed by atoms with Crippen LogP contribution in [0.15, 0.2) is 18.2 Å². The molecule has 1 rings (SSSR count). The van der Waals surface area contributed by atoms with Crippen LogP contribution < -0.4 is 14.8 Å². The molecule has 0 atom stereocenters. The summed E-state index contributed by atoms with van der Waals surface area (Å²) in [6, 6.07) is 5.35. The molecule has 0 fully saturated rings. The van der Waals surface area contributed by atoms with E-state index in [-0.39, 0.29) is 5.75 Å². The van der Waals surface area contributed by atoms with Crippen molar-refractivity contribution in [3.8, 4) is 11.5 Å². The van der Waals surface area contributed by atoms with Crippen molar-refractivity contribution in [2.75, 3.05) is 31.8 Å². The van der Waals surface area contributed by atoms with Crippen LogP contribution in [0.5, 0.6) is 11.5 Å². The lowest BCUT2D eigenvalue weighted by atomic mass is 10.2. The second-order valence-electron chi connectivity index (χ2n) is 5.42. The molecule has 0 radical (unpaired) electrons. The summed E-state index contributed by atoms with van der Waals surface area (Å²) in [4.78, 5) is 0. The maximum atomic E-state index is 12.0. The fraction of sp³-hybridized carbons (Fsp3) is 0.571. The minimum absolute atomic E-state index is 0.0751. The number of rotatable bonds is 6. The number of benzene rings is 1. The van der Waals surface area contributed by atoms with E-state index in [1.165, 1.54) is 0 Å². The van der Waals surface area contributed by atoms with Gasteiger partial charge >= 0.3 is 0 Å². The third-order valence-corrected chi connectivity index (χ3v) is 5.64. The van der Waals surface area contributed by atoms with Crippen LogP contribution in [-0.4, -0.2) is 39.7 Å². The number of ether oxygens (including phenoxy) is 2. The van der Waals surface area contributed by atoms with Gasteiger partial charge in [0.2, 0.25) is 0 Å². The average molecular weight is 301 g/mol. The summed E-state index contributed by atoms with van der Waals surface area (Å²) < 4.78 is 33.6. The lowest BCUT2D eigenvalue weighted by molar-refractivity contribution is 0.395. The fourth-order valence-electron chi connectivity index (χ4n) is 1.57. The fourth-order valence-corrected chi connectivity index (χ4v) is 2.55. The van der Waals surface area contributed by atoms with Crippen LogP contribution in [0.1, 0.15) is 20.8 Å². The molecule has 6 heteroatoms. The highest BCUT2D eigenvalue weighted by Crippen LogP contribution is 2.29. The smallest absolute Gasteiger partial charge is 0.156 e. The first-order valence-electron chi connectivity index (χ1n) is 6.39. The molecule has 0 unspecified atom stereocenters. The van der Waals surface area contributed by atoms with E-state index >= 15 is 0 Å². The molecule has 0 heterocycles. The number of sulfone groups is 1. The normalized spacial score (nSPS) is 12.1. The first kappa shape index (κ1) is 16.6. The van der Waals surface area contributed by atoms with Crippen LogP contribution in [0.2, 0.25) is 0 Å². The van der Waals surface area contributed by atoms with Crippen molar-refractivity contribution in [1.82, 2.24) is 0 Å². The molecule has 1 aromatic carbocycles. The standard InChI is InChI=1S/C14H23NO4S/c1-14(2,3)20(16,17)9-8-15-12-7-6-11(18-4)10-13(12)19-5/h6-7,10,15H,8-9H2,1-5H3. The molecule has 1 aromatic rings. The van der Waals surface area contributed by atoms with E-state index < -0.39 is 14.6 Å². The minimum Gasteiger partial charge on any atom is -0.497 e. The minimum atomic E-state index is -3.13. The summed E-state index contributed by atoms with van der Waals surface area (Å²) >= 11 is 0. The summed E-state index contributed by atoms with van der Waals surface area (Å²) in [6.45, 7) is 5.45. The maximum Gasteiger partial charge on any atom is 0.156 e. The van der Waals surface area contributed by atoms with Gasteiger partial charge < -0.3 is 14.8 Å². The van der Waals surface area contributed by atoms with Crippen molar-refractivity contribution in [1.29, 1.82) is 0 Å². The van der Waals surface area contributed by atoms with Crippen molar-refractivity contribution >= 4 is 15.5 Å². The van der Waals surface area contributed by atoms with E-state index in [1.54, 1.807) is 53.2 Å². The highest BCUT2D eigenvalue weighted by atomic mass is 32.2. The van der Waals surface area contributed by atoms with Gasteiger partial charge in [0, 0.05) is 12.6 Å². The van der Waals surface area contributed by atoms with Gasteiger partial charge in [-0.1, -0.05) is 0 Å². The summed E-state index contributed by atoms with van der Waals surface area (Å²) in [5.41, 5.74) is 0.748. The Bertz CT molecular complexity index is 547. The molecule has 0 aliphatic carbocycles. The Labute approximate surface area is 121 Å². The van der Waals surface area contributed by atoms with Crippen molar-refractivity contribution in [2.45, 2.75) is 25.5 Å². The summed E-state index contributed by atoms with van der Waals surface area (Å²) in [5, 5.41) is 3.08. The van der Waals surface area contributed by atoms with Crippen LogP contribution in [0.4, 0.5) is 5.69 Å². The molecule has 5 nitrogen and oxygen atoms in total. The molecule has 0 saturated heterocycles. The van der Waals surface area contributed by atoms with Crippen LogP contribution in [0.3, 0.4) is 0 Å². The number of methoxy groups -OCH3 is 2. The lowest BCUT2D eigenvalue weighted by Crippen LogP contribution is -2.32. The Balaban J connectivity index is 2.72. The molecule has 0 bridgehead atoms. The first-order valence-corrected chi connectivity index (χ1v) is 8.04. The van der Waals surface area contributed by atoms with Gasteiger partial charge in [-0.3, -0.25) is 0 Å². The molecular weight excluding hydrogens is 278 g/mol. The quantitative estimate of drug-likeness (QED) is 0.873. The molecule has 0 aliphatic rings. The van der Waals surface area contributed by atoms with E-state index in [0.29, 0.717) is 18.0 Å². The van der Waals surface area contributed by atoms with E-state index in [9.17, 15) is 8.42 Å². The second-order valence-corrected chi connectivity index (χ2v) is 8.29. The van der Waals surface area contributed by atoms with Crippen molar-refractivity contribution in [2.24, 2.45) is 0 Å². The largest absolute Gasteiger partial charge is 0.497 e. The zero-order valence-electron chi connectivity index (χ0n) is 12.7. The van der Waals surface area contributed by atoms with Gasteiger partial charge in [0.15, 0.2) is 9.84 Å². The molecule has 0 aromatic heterocycles. The van der Waals surface area contributed by atoms with Gasteiger partial charge in [0.1, 0.15) is 11.5 Å². The molecule has 0 saturated carbocycles. The highest BCUT2D eigenvalue weighted by molar-refractivity contribution is 7.92. The van der Waals surface area contributed by atoms with Crippen LogP contribution >= 0.6 is 0 Å². The number of anilines is 1. The Kier molecular flexibility index (Phi) is 5.28. The predicted molar refractivity (Wildman–Crippen MR) is 81.6 cm³/mol. The topological polar surface area (TPSA) is 64.6 Å². The van der Waals surface area contributed by atoms with Crippen LogP contribution in [-0.2, 0) is 9.84 Å². The Morgan fingerprint density at radius 3 is 2.30 bits per heavy atom. The van der Waals surface area contributed by atoms with Crippen molar-refractivity contribution in [3.05, 3.63) is 18.2 Å². The van der Waals surface area contributed by atoms with Gasteiger partial charge in [-0.25, -0.2) is 8.42 Å². The third kappa shape index (κ3) is 4.03. The summed E-state index contributed by atoms with van der Waals surface area (Å²) in [6.07, 6.45) is 0. The number of hydrogen-bond acceptors (Lipinski definition) is 5.